The second-order valence-electron chi connectivity index (χ2n) is 8.15. The number of ether oxygens (including phenoxy) is 1. The van der Waals surface area contributed by atoms with Gasteiger partial charge in [0.25, 0.3) is 0 Å². The standard InChI is InChI=1S/C24H31N3O3S/c1-4-22(24(28)18(15-25)16-27(2)3)26-19-8-9-21(17-6-5-7-17)23(14-19)30-31-20-10-12-29-13-11-20/h4,8-9,14,16-17,20,26H,5-7,10-13H2,1-3H3/b18-16+,22-4-. The lowest BCUT2D eigenvalue weighted by Gasteiger charge is -2.28. The highest BCUT2D eigenvalue weighted by Crippen LogP contribution is 2.43. The van der Waals surface area contributed by atoms with Gasteiger partial charge in [-0.1, -0.05) is 18.6 Å². The fourth-order valence-electron chi connectivity index (χ4n) is 3.59. The van der Waals surface area contributed by atoms with Crippen LogP contribution in [0.15, 0.2) is 41.7 Å². The summed E-state index contributed by atoms with van der Waals surface area (Å²) in [6.45, 7) is 3.35. The highest BCUT2D eigenvalue weighted by atomic mass is 32.2. The van der Waals surface area contributed by atoms with Crippen molar-refractivity contribution in [1.29, 1.82) is 5.26 Å². The monoisotopic (exact) mass is 441 g/mol. The van der Waals surface area contributed by atoms with Crippen LogP contribution in [-0.2, 0) is 9.53 Å². The third-order valence-electron chi connectivity index (χ3n) is 5.57. The first-order chi connectivity index (χ1) is 15.0. The zero-order valence-electron chi connectivity index (χ0n) is 18.5. The summed E-state index contributed by atoms with van der Waals surface area (Å²) in [5.74, 6) is 1.06. The number of nitriles is 1. The van der Waals surface area contributed by atoms with Crippen LogP contribution in [0.5, 0.6) is 5.75 Å². The van der Waals surface area contributed by atoms with Gasteiger partial charge >= 0.3 is 0 Å². The Balaban J connectivity index is 1.77. The van der Waals surface area contributed by atoms with Crippen molar-refractivity contribution in [2.75, 3.05) is 32.6 Å². The Hall–Kier alpha value is -2.43. The lowest BCUT2D eigenvalue weighted by Crippen LogP contribution is -2.19. The Morgan fingerprint density at radius 1 is 1.29 bits per heavy atom. The number of hydrogen-bond acceptors (Lipinski definition) is 7. The Morgan fingerprint density at radius 2 is 2.03 bits per heavy atom. The molecule has 1 aliphatic heterocycles. The molecule has 0 radical (unpaired) electrons. The Morgan fingerprint density at radius 3 is 2.61 bits per heavy atom. The van der Waals surface area contributed by atoms with Crippen molar-refractivity contribution in [1.82, 2.24) is 4.90 Å². The second kappa shape index (κ2) is 11.3. The van der Waals surface area contributed by atoms with Crippen molar-refractivity contribution in [3.8, 4) is 11.8 Å². The van der Waals surface area contributed by atoms with Crippen molar-refractivity contribution >= 4 is 23.5 Å². The number of rotatable bonds is 9. The molecular weight excluding hydrogens is 410 g/mol. The molecule has 1 saturated heterocycles. The van der Waals surface area contributed by atoms with Crippen molar-refractivity contribution < 1.29 is 13.7 Å². The number of benzene rings is 1. The van der Waals surface area contributed by atoms with Gasteiger partial charge in [-0.3, -0.25) is 4.79 Å². The van der Waals surface area contributed by atoms with Gasteiger partial charge in [-0.2, -0.15) is 5.26 Å². The molecule has 3 rings (SSSR count). The Kier molecular flexibility index (Phi) is 8.44. The first kappa shape index (κ1) is 23.2. The van der Waals surface area contributed by atoms with Gasteiger partial charge in [0.1, 0.15) is 17.4 Å². The zero-order valence-corrected chi connectivity index (χ0v) is 19.3. The van der Waals surface area contributed by atoms with Crippen LogP contribution in [0, 0.1) is 11.3 Å². The summed E-state index contributed by atoms with van der Waals surface area (Å²) < 4.78 is 11.7. The number of ketones is 1. The third kappa shape index (κ3) is 6.28. The Labute approximate surface area is 189 Å². The quantitative estimate of drug-likeness (QED) is 0.328. The average Bonchev–Trinajstić information content (AvgIpc) is 2.74. The molecule has 0 aromatic heterocycles. The minimum atomic E-state index is -0.333. The molecule has 1 aromatic rings. The molecule has 0 atom stereocenters. The fraction of sp³-hybridized carbons (Fsp3) is 0.500. The highest BCUT2D eigenvalue weighted by Gasteiger charge is 2.25. The summed E-state index contributed by atoms with van der Waals surface area (Å²) in [4.78, 5) is 14.5. The topological polar surface area (TPSA) is 74.6 Å². The molecule has 1 saturated carbocycles. The van der Waals surface area contributed by atoms with E-state index in [-0.39, 0.29) is 11.4 Å². The maximum atomic E-state index is 12.8. The first-order valence-electron chi connectivity index (χ1n) is 10.8. The summed E-state index contributed by atoms with van der Waals surface area (Å²) in [5.41, 5.74) is 2.46. The smallest absolute Gasteiger partial charge is 0.220 e. The Bertz CT molecular complexity index is 879. The van der Waals surface area contributed by atoms with E-state index in [2.05, 4.69) is 11.4 Å². The zero-order chi connectivity index (χ0) is 22.2. The van der Waals surface area contributed by atoms with Gasteiger partial charge in [-0.25, -0.2) is 0 Å². The van der Waals surface area contributed by atoms with Gasteiger partial charge in [-0.15, -0.1) is 0 Å². The van der Waals surface area contributed by atoms with E-state index in [1.807, 2.05) is 18.2 Å². The van der Waals surface area contributed by atoms with E-state index < -0.39 is 0 Å². The van der Waals surface area contributed by atoms with Crippen LogP contribution >= 0.6 is 12.0 Å². The van der Waals surface area contributed by atoms with Crippen LogP contribution in [-0.4, -0.2) is 43.2 Å². The summed E-state index contributed by atoms with van der Waals surface area (Å²) in [6.07, 6.45) is 8.84. The average molecular weight is 442 g/mol. The fourth-order valence-corrected chi connectivity index (χ4v) is 4.36. The van der Waals surface area contributed by atoms with E-state index >= 15 is 0 Å². The number of carbonyl (C=O) groups is 1. The summed E-state index contributed by atoms with van der Waals surface area (Å²) in [5, 5.41) is 13.0. The maximum absolute atomic E-state index is 12.8. The molecular formula is C24H31N3O3S. The van der Waals surface area contributed by atoms with Crippen LogP contribution in [0.3, 0.4) is 0 Å². The van der Waals surface area contributed by atoms with Crippen LogP contribution in [0.4, 0.5) is 5.69 Å². The number of carbonyl (C=O) groups excluding carboxylic acids is 1. The second-order valence-corrected chi connectivity index (χ2v) is 9.17. The summed E-state index contributed by atoms with van der Waals surface area (Å²) in [6, 6.07) is 8.05. The molecule has 1 N–H and O–H groups in total. The van der Waals surface area contributed by atoms with Gasteiger partial charge in [-0.05, 0) is 50.2 Å². The van der Waals surface area contributed by atoms with E-state index in [9.17, 15) is 10.1 Å². The van der Waals surface area contributed by atoms with Gasteiger partial charge in [0.05, 0.1) is 17.7 Å². The largest absolute Gasteiger partial charge is 0.425 e. The number of nitrogens with one attached hydrogen (secondary N) is 1. The van der Waals surface area contributed by atoms with Crippen LogP contribution in [0.1, 0.15) is 50.5 Å². The molecule has 0 amide bonds. The van der Waals surface area contributed by atoms with Crippen LogP contribution in [0.2, 0.25) is 0 Å². The van der Waals surface area contributed by atoms with Crippen molar-refractivity contribution in [2.45, 2.75) is 50.2 Å². The molecule has 2 aliphatic rings. The number of nitrogens with zero attached hydrogens (tertiary/aromatic N) is 2. The van der Waals surface area contributed by atoms with Crippen molar-refractivity contribution in [3.63, 3.8) is 0 Å². The normalized spacial score (nSPS) is 18.1. The molecule has 0 bridgehead atoms. The summed E-state index contributed by atoms with van der Waals surface area (Å²) >= 11 is 1.52. The molecule has 7 heteroatoms. The molecule has 6 nitrogen and oxygen atoms in total. The molecule has 1 aromatic carbocycles. The molecule has 31 heavy (non-hydrogen) atoms. The molecule has 166 valence electrons. The molecule has 1 aliphatic carbocycles. The van der Waals surface area contributed by atoms with Crippen LogP contribution < -0.4 is 9.50 Å². The molecule has 0 unspecified atom stereocenters. The predicted octanol–water partition coefficient (Wildman–Crippen LogP) is 5.01. The van der Waals surface area contributed by atoms with Gasteiger partial charge in [0, 0.05) is 50.5 Å². The SMILES string of the molecule is C/C=C(\Nc1ccc(C2CCC2)c(OSC2CCOCC2)c1)C(=O)/C(C#N)=C/N(C)C. The van der Waals surface area contributed by atoms with Gasteiger partial charge < -0.3 is 19.1 Å². The molecule has 2 fully saturated rings. The number of anilines is 1. The van der Waals surface area contributed by atoms with Gasteiger partial charge in [0.2, 0.25) is 5.78 Å². The minimum Gasteiger partial charge on any atom is -0.425 e. The molecule has 0 spiro atoms. The number of allylic oxidation sites excluding steroid dienone is 2. The van der Waals surface area contributed by atoms with E-state index in [1.165, 1.54) is 43.1 Å². The minimum absolute atomic E-state index is 0.0863. The lowest BCUT2D eigenvalue weighted by molar-refractivity contribution is -0.111. The third-order valence-corrected chi connectivity index (χ3v) is 6.58. The summed E-state index contributed by atoms with van der Waals surface area (Å²) in [7, 11) is 3.57. The van der Waals surface area contributed by atoms with E-state index in [4.69, 9.17) is 8.92 Å². The van der Waals surface area contributed by atoms with Crippen molar-refractivity contribution in [3.05, 3.63) is 47.3 Å². The van der Waals surface area contributed by atoms with E-state index in [0.717, 1.165) is 37.5 Å². The van der Waals surface area contributed by atoms with Crippen LogP contribution in [0.25, 0.3) is 0 Å². The molecule has 1 heterocycles. The maximum Gasteiger partial charge on any atom is 0.220 e. The van der Waals surface area contributed by atoms with Crippen molar-refractivity contribution in [2.24, 2.45) is 0 Å². The van der Waals surface area contributed by atoms with E-state index in [1.54, 1.807) is 32.0 Å². The first-order valence-corrected chi connectivity index (χ1v) is 11.6. The lowest BCUT2D eigenvalue weighted by atomic mass is 9.79. The van der Waals surface area contributed by atoms with Gasteiger partial charge in [0.15, 0.2) is 0 Å². The van der Waals surface area contributed by atoms with E-state index in [0.29, 0.717) is 16.9 Å². The number of hydrogen-bond donors (Lipinski definition) is 1. The highest BCUT2D eigenvalue weighted by molar-refractivity contribution is 7.95. The number of Topliss-reactive ketones (excluding diaryl/α,β-unsaturated/α-hetero) is 1. The predicted molar refractivity (Wildman–Crippen MR) is 125 cm³/mol.